The fourth-order valence-corrected chi connectivity index (χ4v) is 2.62. The number of benzene rings is 2. The van der Waals surface area contributed by atoms with Gasteiger partial charge in [0.1, 0.15) is 5.56 Å². The van der Waals surface area contributed by atoms with E-state index in [0.717, 1.165) is 10.5 Å². The summed E-state index contributed by atoms with van der Waals surface area (Å²) >= 11 is 1.63. The van der Waals surface area contributed by atoms with E-state index in [0.29, 0.717) is 6.54 Å². The van der Waals surface area contributed by atoms with Crippen LogP contribution < -0.4 is 0 Å². The van der Waals surface area contributed by atoms with Crippen LogP contribution in [0.1, 0.15) is 15.9 Å². The Morgan fingerprint density at radius 2 is 1.81 bits per heavy atom. The average molecular weight is 374 g/mol. The van der Waals surface area contributed by atoms with Gasteiger partial charge in [-0.2, -0.15) is 0 Å². The summed E-state index contributed by atoms with van der Waals surface area (Å²) in [5.41, 5.74) is 0.413. The Morgan fingerprint density at radius 3 is 2.42 bits per heavy atom. The lowest BCUT2D eigenvalue weighted by Crippen LogP contribution is -2.30. The topological polar surface area (TPSA) is 89.8 Å². The average Bonchev–Trinajstić information content (AvgIpc) is 2.66. The number of para-hydroxylation sites is 1. The third kappa shape index (κ3) is 5.06. The molecule has 0 aliphatic carbocycles. The molecule has 0 N–H and O–H groups in total. The molecule has 2 rings (SSSR count). The van der Waals surface area contributed by atoms with Crippen LogP contribution in [0.25, 0.3) is 0 Å². The Balaban J connectivity index is 1.93. The quantitative estimate of drug-likeness (QED) is 0.320. The van der Waals surface area contributed by atoms with Crippen molar-refractivity contribution in [3.63, 3.8) is 0 Å². The number of hydrogen-bond acceptors (Lipinski definition) is 6. The Hall–Kier alpha value is -2.87. The predicted octanol–water partition coefficient (Wildman–Crippen LogP) is 3.13. The molecular formula is C18H18N2O5S. The number of nitro benzene ring substituents is 1. The van der Waals surface area contributed by atoms with Crippen molar-refractivity contribution in [1.29, 1.82) is 0 Å². The van der Waals surface area contributed by atoms with Crippen LogP contribution in [-0.4, -0.2) is 41.6 Å². The minimum Gasteiger partial charge on any atom is -0.452 e. The Bertz CT molecular complexity index is 807. The van der Waals surface area contributed by atoms with E-state index in [-0.39, 0.29) is 11.3 Å². The lowest BCUT2D eigenvalue weighted by molar-refractivity contribution is -0.385. The van der Waals surface area contributed by atoms with Gasteiger partial charge in [-0.3, -0.25) is 14.9 Å². The first-order valence-corrected chi connectivity index (χ1v) is 8.92. The minimum absolute atomic E-state index is 0.180. The zero-order valence-electron chi connectivity index (χ0n) is 14.4. The third-order valence-electron chi connectivity index (χ3n) is 3.65. The lowest BCUT2D eigenvalue weighted by atomic mass is 10.2. The Morgan fingerprint density at radius 1 is 1.15 bits per heavy atom. The van der Waals surface area contributed by atoms with Gasteiger partial charge in [-0.25, -0.2) is 4.79 Å². The summed E-state index contributed by atoms with van der Waals surface area (Å²) < 4.78 is 4.94. The van der Waals surface area contributed by atoms with Crippen molar-refractivity contribution >= 4 is 29.3 Å². The number of nitrogens with zero attached hydrogens (tertiary/aromatic N) is 2. The smallest absolute Gasteiger partial charge is 0.345 e. The number of ether oxygens (including phenoxy) is 1. The van der Waals surface area contributed by atoms with Crippen molar-refractivity contribution < 1.29 is 19.2 Å². The number of carbonyl (C=O) groups is 2. The van der Waals surface area contributed by atoms with E-state index in [2.05, 4.69) is 0 Å². The molecule has 1 amide bonds. The van der Waals surface area contributed by atoms with Crippen LogP contribution in [0.4, 0.5) is 5.69 Å². The molecule has 2 aromatic rings. The van der Waals surface area contributed by atoms with E-state index < -0.39 is 23.4 Å². The number of amides is 1. The zero-order valence-corrected chi connectivity index (χ0v) is 15.2. The van der Waals surface area contributed by atoms with Crippen LogP contribution in [-0.2, 0) is 16.1 Å². The van der Waals surface area contributed by atoms with Gasteiger partial charge in [-0.15, -0.1) is 11.8 Å². The first kappa shape index (κ1) is 19.5. The molecule has 0 fully saturated rings. The molecule has 0 unspecified atom stereocenters. The highest BCUT2D eigenvalue weighted by atomic mass is 32.2. The number of rotatable bonds is 7. The Labute approximate surface area is 155 Å². The summed E-state index contributed by atoms with van der Waals surface area (Å²) in [6, 6.07) is 13.2. The second-order valence-corrected chi connectivity index (χ2v) is 6.33. The summed E-state index contributed by atoms with van der Waals surface area (Å²) in [5, 5.41) is 10.9. The highest BCUT2D eigenvalue weighted by Crippen LogP contribution is 2.19. The standard InChI is InChI=1S/C18H18N2O5S/c1-19(11-13-7-9-14(26-2)10-8-13)17(21)12-25-18(22)15-5-3-4-6-16(15)20(23)24/h3-10H,11-12H2,1-2H3. The zero-order chi connectivity index (χ0) is 19.1. The summed E-state index contributed by atoms with van der Waals surface area (Å²) in [6.45, 7) is -0.110. The molecule has 0 saturated carbocycles. The Kier molecular flexibility index (Phi) is 6.74. The first-order valence-electron chi connectivity index (χ1n) is 7.70. The molecule has 8 heteroatoms. The second-order valence-electron chi connectivity index (χ2n) is 5.45. The van der Waals surface area contributed by atoms with Crippen LogP contribution >= 0.6 is 11.8 Å². The number of likely N-dealkylation sites (N-methyl/N-ethyl adjacent to an activating group) is 1. The molecule has 136 valence electrons. The van der Waals surface area contributed by atoms with E-state index in [1.165, 1.54) is 29.2 Å². The van der Waals surface area contributed by atoms with Gasteiger partial charge >= 0.3 is 5.97 Å². The van der Waals surface area contributed by atoms with Crippen LogP contribution in [0.3, 0.4) is 0 Å². The minimum atomic E-state index is -0.900. The van der Waals surface area contributed by atoms with Crippen LogP contribution in [0.2, 0.25) is 0 Å². The molecular weight excluding hydrogens is 356 g/mol. The van der Waals surface area contributed by atoms with Gasteiger partial charge in [0.25, 0.3) is 11.6 Å². The SMILES string of the molecule is CSc1ccc(CN(C)C(=O)COC(=O)c2ccccc2[N+](=O)[O-])cc1. The number of thioether (sulfide) groups is 1. The van der Waals surface area contributed by atoms with Crippen LogP contribution in [0.15, 0.2) is 53.4 Å². The van der Waals surface area contributed by atoms with E-state index in [9.17, 15) is 19.7 Å². The highest BCUT2D eigenvalue weighted by Gasteiger charge is 2.21. The molecule has 0 aliphatic heterocycles. The second kappa shape index (κ2) is 9.00. The van der Waals surface area contributed by atoms with Crippen molar-refractivity contribution in [3.05, 3.63) is 69.8 Å². The van der Waals surface area contributed by atoms with E-state index >= 15 is 0 Å². The molecule has 0 heterocycles. The number of hydrogen-bond donors (Lipinski definition) is 0. The molecule has 2 aromatic carbocycles. The maximum atomic E-state index is 12.1. The molecule has 0 aliphatic rings. The maximum Gasteiger partial charge on any atom is 0.345 e. The van der Waals surface area contributed by atoms with Crippen molar-refractivity contribution in [1.82, 2.24) is 4.90 Å². The monoisotopic (exact) mass is 374 g/mol. The van der Waals surface area contributed by atoms with Crippen LogP contribution in [0.5, 0.6) is 0 Å². The van der Waals surface area contributed by atoms with Gasteiger partial charge in [-0.1, -0.05) is 24.3 Å². The maximum absolute atomic E-state index is 12.1. The summed E-state index contributed by atoms with van der Waals surface area (Å²) in [4.78, 5) is 37.0. The predicted molar refractivity (Wildman–Crippen MR) is 98.1 cm³/mol. The summed E-state index contributed by atoms with van der Waals surface area (Å²) in [7, 11) is 1.60. The van der Waals surface area contributed by atoms with Crippen molar-refractivity contribution in [3.8, 4) is 0 Å². The van der Waals surface area contributed by atoms with Gasteiger partial charge in [0, 0.05) is 24.6 Å². The van der Waals surface area contributed by atoms with Crippen LogP contribution in [0, 0.1) is 10.1 Å². The number of esters is 1. The van der Waals surface area contributed by atoms with Gasteiger partial charge in [0.15, 0.2) is 6.61 Å². The molecule has 7 nitrogen and oxygen atoms in total. The first-order chi connectivity index (χ1) is 12.4. The van der Waals surface area contributed by atoms with Crippen molar-refractivity contribution in [2.45, 2.75) is 11.4 Å². The van der Waals surface area contributed by atoms with Crippen molar-refractivity contribution in [2.75, 3.05) is 19.9 Å². The molecule has 0 spiro atoms. The molecule has 0 saturated heterocycles. The third-order valence-corrected chi connectivity index (χ3v) is 4.40. The number of carbonyl (C=O) groups excluding carboxylic acids is 2. The molecule has 0 aromatic heterocycles. The molecule has 0 atom stereocenters. The summed E-state index contributed by atoms with van der Waals surface area (Å²) in [6.07, 6.45) is 1.98. The van der Waals surface area contributed by atoms with E-state index in [1.807, 2.05) is 30.5 Å². The fraction of sp³-hybridized carbons (Fsp3) is 0.222. The highest BCUT2D eigenvalue weighted by molar-refractivity contribution is 7.98. The molecule has 26 heavy (non-hydrogen) atoms. The summed E-state index contributed by atoms with van der Waals surface area (Å²) in [5.74, 6) is -1.30. The lowest BCUT2D eigenvalue weighted by Gasteiger charge is -2.17. The van der Waals surface area contributed by atoms with Gasteiger partial charge in [0.2, 0.25) is 0 Å². The van der Waals surface area contributed by atoms with E-state index in [1.54, 1.807) is 18.8 Å². The van der Waals surface area contributed by atoms with E-state index in [4.69, 9.17) is 4.74 Å². The van der Waals surface area contributed by atoms with Gasteiger partial charge in [-0.05, 0) is 30.0 Å². The largest absolute Gasteiger partial charge is 0.452 e. The fourth-order valence-electron chi connectivity index (χ4n) is 2.21. The number of nitro groups is 1. The molecule has 0 radical (unpaired) electrons. The van der Waals surface area contributed by atoms with Crippen molar-refractivity contribution in [2.24, 2.45) is 0 Å². The molecule has 0 bridgehead atoms. The van der Waals surface area contributed by atoms with Gasteiger partial charge in [0.05, 0.1) is 4.92 Å². The normalized spacial score (nSPS) is 10.2. The van der Waals surface area contributed by atoms with Gasteiger partial charge < -0.3 is 9.64 Å².